The first-order valence-corrected chi connectivity index (χ1v) is 8.29. The van der Waals surface area contributed by atoms with E-state index in [9.17, 15) is 5.11 Å². The lowest BCUT2D eigenvalue weighted by Crippen LogP contribution is -2.09. The molecule has 2 rings (SSSR count). The standard InChI is InChI=1S/C14H18Cl2N2OS/c1-3-10(4-2)18-6-5-9(17-18)7-12(19)11-8-13(15)20-14(11)16/h5-6,8,10,12,19H,3-4,7H2,1-2H3. The number of rotatable bonds is 6. The average Bonchev–Trinajstić information content (AvgIpc) is 2.98. The molecule has 1 atom stereocenters. The fourth-order valence-electron chi connectivity index (χ4n) is 2.24. The van der Waals surface area contributed by atoms with Crippen LogP contribution in [0.2, 0.25) is 8.67 Å². The van der Waals surface area contributed by atoms with Crippen LogP contribution < -0.4 is 0 Å². The van der Waals surface area contributed by atoms with Crippen molar-refractivity contribution in [3.05, 3.63) is 38.3 Å². The Morgan fingerprint density at radius 3 is 2.60 bits per heavy atom. The number of aliphatic hydroxyl groups excluding tert-OH is 1. The van der Waals surface area contributed by atoms with Crippen LogP contribution in [-0.4, -0.2) is 14.9 Å². The van der Waals surface area contributed by atoms with E-state index in [4.69, 9.17) is 23.2 Å². The van der Waals surface area contributed by atoms with Crippen LogP contribution >= 0.6 is 34.5 Å². The lowest BCUT2D eigenvalue weighted by Gasteiger charge is -2.13. The van der Waals surface area contributed by atoms with E-state index in [2.05, 4.69) is 18.9 Å². The Hall–Kier alpha value is -0.550. The van der Waals surface area contributed by atoms with Crippen LogP contribution in [0.15, 0.2) is 18.3 Å². The number of halogens is 2. The van der Waals surface area contributed by atoms with Crippen LogP contribution in [0.25, 0.3) is 0 Å². The molecule has 0 aliphatic rings. The van der Waals surface area contributed by atoms with Gasteiger partial charge in [0, 0.05) is 18.2 Å². The van der Waals surface area contributed by atoms with Gasteiger partial charge in [-0.25, -0.2) is 0 Å². The first kappa shape index (κ1) is 15.8. The second-order valence-corrected chi connectivity index (χ2v) is 7.04. The second kappa shape index (κ2) is 6.94. The van der Waals surface area contributed by atoms with Gasteiger partial charge in [0.2, 0.25) is 0 Å². The Morgan fingerprint density at radius 2 is 2.05 bits per heavy atom. The fourth-order valence-corrected chi connectivity index (χ4v) is 3.81. The second-order valence-electron chi connectivity index (χ2n) is 4.76. The molecule has 0 aromatic carbocycles. The lowest BCUT2D eigenvalue weighted by atomic mass is 10.1. The molecule has 0 saturated carbocycles. The van der Waals surface area contributed by atoms with Gasteiger partial charge in [0.1, 0.15) is 4.34 Å². The van der Waals surface area contributed by atoms with Gasteiger partial charge in [0.15, 0.2) is 0 Å². The molecule has 0 radical (unpaired) electrons. The van der Waals surface area contributed by atoms with E-state index in [1.54, 1.807) is 6.07 Å². The largest absolute Gasteiger partial charge is 0.388 e. The van der Waals surface area contributed by atoms with Gasteiger partial charge in [-0.2, -0.15) is 5.10 Å². The number of hydrogen-bond acceptors (Lipinski definition) is 3. The van der Waals surface area contributed by atoms with Crippen molar-refractivity contribution in [3.63, 3.8) is 0 Å². The normalized spacial score (nSPS) is 13.1. The third-order valence-electron chi connectivity index (χ3n) is 3.42. The van der Waals surface area contributed by atoms with Crippen molar-refractivity contribution in [2.24, 2.45) is 0 Å². The molecule has 3 nitrogen and oxygen atoms in total. The molecule has 1 unspecified atom stereocenters. The molecule has 1 N–H and O–H groups in total. The Labute approximate surface area is 133 Å². The molecule has 20 heavy (non-hydrogen) atoms. The monoisotopic (exact) mass is 332 g/mol. The zero-order valence-electron chi connectivity index (χ0n) is 11.5. The fraction of sp³-hybridized carbons (Fsp3) is 0.500. The number of thiophene rings is 1. The summed E-state index contributed by atoms with van der Waals surface area (Å²) < 4.78 is 3.11. The SMILES string of the molecule is CCC(CC)n1ccc(CC(O)c2cc(Cl)sc2Cl)n1. The van der Waals surface area contributed by atoms with Crippen molar-refractivity contribution < 1.29 is 5.11 Å². The maximum Gasteiger partial charge on any atom is 0.100 e. The molecule has 0 fully saturated rings. The first-order chi connectivity index (χ1) is 9.55. The first-order valence-electron chi connectivity index (χ1n) is 6.71. The van der Waals surface area contributed by atoms with Crippen LogP contribution in [0, 0.1) is 0 Å². The van der Waals surface area contributed by atoms with Crippen LogP contribution in [0.3, 0.4) is 0 Å². The summed E-state index contributed by atoms with van der Waals surface area (Å²) in [4.78, 5) is 0. The number of aromatic nitrogens is 2. The summed E-state index contributed by atoms with van der Waals surface area (Å²) in [7, 11) is 0. The molecule has 110 valence electrons. The molecule has 0 bridgehead atoms. The average molecular weight is 333 g/mol. The van der Waals surface area contributed by atoms with Crippen molar-refractivity contribution >= 4 is 34.5 Å². The van der Waals surface area contributed by atoms with E-state index in [0.29, 0.717) is 26.7 Å². The van der Waals surface area contributed by atoms with Gasteiger partial charge in [-0.05, 0) is 25.0 Å². The van der Waals surface area contributed by atoms with E-state index in [0.717, 1.165) is 18.5 Å². The molecular formula is C14H18Cl2N2OS. The Kier molecular flexibility index (Phi) is 5.49. The van der Waals surface area contributed by atoms with Crippen LogP contribution in [0.5, 0.6) is 0 Å². The predicted octanol–water partition coefficient (Wildman–Crippen LogP) is 4.89. The maximum atomic E-state index is 10.2. The number of hydrogen-bond donors (Lipinski definition) is 1. The summed E-state index contributed by atoms with van der Waals surface area (Å²) in [5.74, 6) is 0. The molecule has 0 saturated heterocycles. The summed E-state index contributed by atoms with van der Waals surface area (Å²) >= 11 is 13.2. The molecular weight excluding hydrogens is 315 g/mol. The summed E-state index contributed by atoms with van der Waals surface area (Å²) in [6.07, 6.45) is 3.84. The van der Waals surface area contributed by atoms with Gasteiger partial charge >= 0.3 is 0 Å². The smallest absolute Gasteiger partial charge is 0.100 e. The van der Waals surface area contributed by atoms with Crippen LogP contribution in [-0.2, 0) is 6.42 Å². The highest BCUT2D eigenvalue weighted by Crippen LogP contribution is 2.36. The van der Waals surface area contributed by atoms with E-state index in [1.165, 1.54) is 11.3 Å². The topological polar surface area (TPSA) is 38.0 Å². The Morgan fingerprint density at radius 1 is 1.35 bits per heavy atom. The van der Waals surface area contributed by atoms with Crippen molar-refractivity contribution in [2.45, 2.75) is 45.3 Å². The number of aliphatic hydroxyl groups is 1. The third-order valence-corrected chi connectivity index (χ3v) is 4.94. The molecule has 6 heteroatoms. The van der Waals surface area contributed by atoms with E-state index in [1.807, 2.05) is 16.9 Å². The van der Waals surface area contributed by atoms with Crippen LogP contribution in [0.4, 0.5) is 0 Å². The Balaban J connectivity index is 2.08. The molecule has 0 aliphatic heterocycles. The quantitative estimate of drug-likeness (QED) is 0.817. The summed E-state index contributed by atoms with van der Waals surface area (Å²) in [5.41, 5.74) is 1.54. The predicted molar refractivity (Wildman–Crippen MR) is 84.8 cm³/mol. The molecule has 2 heterocycles. The van der Waals surface area contributed by atoms with Gasteiger partial charge in [0.05, 0.1) is 22.2 Å². The minimum absolute atomic E-state index is 0.417. The molecule has 2 aromatic rings. The summed E-state index contributed by atoms with van der Waals surface area (Å²) in [6, 6.07) is 4.08. The molecule has 0 amide bonds. The minimum atomic E-state index is -0.670. The maximum absolute atomic E-state index is 10.2. The van der Waals surface area contributed by atoms with Crippen molar-refractivity contribution in [1.82, 2.24) is 9.78 Å². The lowest BCUT2D eigenvalue weighted by molar-refractivity contribution is 0.177. The molecule has 0 aliphatic carbocycles. The van der Waals surface area contributed by atoms with Gasteiger partial charge in [-0.3, -0.25) is 4.68 Å². The highest BCUT2D eigenvalue weighted by molar-refractivity contribution is 7.20. The molecule has 0 spiro atoms. The number of nitrogens with zero attached hydrogens (tertiary/aromatic N) is 2. The van der Waals surface area contributed by atoms with E-state index >= 15 is 0 Å². The highest BCUT2D eigenvalue weighted by Gasteiger charge is 2.17. The van der Waals surface area contributed by atoms with Crippen LogP contribution in [0.1, 0.15) is 50.1 Å². The van der Waals surface area contributed by atoms with Gasteiger partial charge in [-0.1, -0.05) is 37.0 Å². The van der Waals surface area contributed by atoms with Gasteiger partial charge in [-0.15, -0.1) is 11.3 Å². The van der Waals surface area contributed by atoms with E-state index < -0.39 is 6.10 Å². The van der Waals surface area contributed by atoms with Gasteiger partial charge < -0.3 is 5.11 Å². The third kappa shape index (κ3) is 3.55. The summed E-state index contributed by atoms with van der Waals surface area (Å²) in [5, 5.41) is 14.8. The van der Waals surface area contributed by atoms with E-state index in [-0.39, 0.29) is 0 Å². The zero-order chi connectivity index (χ0) is 14.7. The summed E-state index contributed by atoms with van der Waals surface area (Å²) in [6.45, 7) is 4.30. The minimum Gasteiger partial charge on any atom is -0.388 e. The molecule has 2 aromatic heterocycles. The Bertz CT molecular complexity index is 563. The van der Waals surface area contributed by atoms with Crippen molar-refractivity contribution in [2.75, 3.05) is 0 Å². The highest BCUT2D eigenvalue weighted by atomic mass is 35.5. The van der Waals surface area contributed by atoms with Gasteiger partial charge in [0.25, 0.3) is 0 Å². The van der Waals surface area contributed by atoms with Crippen molar-refractivity contribution in [1.29, 1.82) is 0 Å². The van der Waals surface area contributed by atoms with Crippen molar-refractivity contribution in [3.8, 4) is 0 Å². The zero-order valence-corrected chi connectivity index (χ0v) is 13.8.